The Kier molecular flexibility index (Phi) is 8.17. The number of carbonyl (C=O) groups is 2. The lowest BCUT2D eigenvalue weighted by atomic mass is 10.0. The zero-order valence-corrected chi connectivity index (χ0v) is 21.8. The third-order valence-corrected chi connectivity index (χ3v) is 7.77. The molecule has 2 saturated heterocycles. The van der Waals surface area contributed by atoms with E-state index >= 15 is 0 Å². The number of benzene rings is 3. The number of Topliss-reactive ketones (excluding diaryl/α,β-unsaturated/α-hetero) is 1. The second-order valence-electron chi connectivity index (χ2n) is 10.3. The molecule has 0 aliphatic carbocycles. The predicted molar refractivity (Wildman–Crippen MR) is 147 cm³/mol. The van der Waals surface area contributed by atoms with Gasteiger partial charge < -0.3 is 14.5 Å². The van der Waals surface area contributed by atoms with Gasteiger partial charge in [0.15, 0.2) is 5.78 Å². The summed E-state index contributed by atoms with van der Waals surface area (Å²) in [4.78, 5) is 32.6. The highest BCUT2D eigenvalue weighted by molar-refractivity contribution is 6.07. The standard InChI is InChI=1S/C31H37N3O3/c1-24-7-5-16-33(24)17-6-22-37-27-14-12-26(13-15-27)30(35)23-32-18-20-34(21-19-32)31(36)29-11-4-9-25-8-2-3-10-28(25)29/h2-4,8-15,24H,5-7,16-23H2,1H3/t24-/m1/s1. The number of nitrogens with zero attached hydrogens (tertiary/aromatic N) is 3. The lowest BCUT2D eigenvalue weighted by Gasteiger charge is -2.34. The number of hydrogen-bond acceptors (Lipinski definition) is 5. The molecule has 3 aromatic carbocycles. The van der Waals surface area contributed by atoms with Gasteiger partial charge >= 0.3 is 0 Å². The van der Waals surface area contributed by atoms with Crippen molar-refractivity contribution >= 4 is 22.5 Å². The van der Waals surface area contributed by atoms with Gasteiger partial charge in [0.2, 0.25) is 0 Å². The van der Waals surface area contributed by atoms with Crippen LogP contribution in [-0.2, 0) is 0 Å². The van der Waals surface area contributed by atoms with E-state index < -0.39 is 0 Å². The van der Waals surface area contributed by atoms with E-state index in [1.54, 1.807) is 0 Å². The molecule has 6 heteroatoms. The van der Waals surface area contributed by atoms with Crippen molar-refractivity contribution in [3.05, 3.63) is 77.9 Å². The van der Waals surface area contributed by atoms with E-state index in [0.29, 0.717) is 50.9 Å². The van der Waals surface area contributed by atoms with Gasteiger partial charge in [-0.1, -0.05) is 36.4 Å². The highest BCUT2D eigenvalue weighted by Crippen LogP contribution is 2.21. The highest BCUT2D eigenvalue weighted by atomic mass is 16.5. The molecule has 1 atom stereocenters. The molecular formula is C31H37N3O3. The zero-order valence-electron chi connectivity index (χ0n) is 21.8. The summed E-state index contributed by atoms with van der Waals surface area (Å²) in [6.07, 6.45) is 3.62. The fourth-order valence-electron chi connectivity index (χ4n) is 5.51. The quantitative estimate of drug-likeness (QED) is 0.315. The molecule has 2 aliphatic heterocycles. The molecular weight excluding hydrogens is 462 g/mol. The number of rotatable bonds is 9. The van der Waals surface area contributed by atoms with Crippen LogP contribution in [0.3, 0.4) is 0 Å². The fraction of sp³-hybridized carbons (Fsp3) is 0.419. The number of hydrogen-bond donors (Lipinski definition) is 0. The van der Waals surface area contributed by atoms with E-state index in [4.69, 9.17) is 4.74 Å². The Balaban J connectivity index is 1.07. The summed E-state index contributed by atoms with van der Waals surface area (Å²) in [5.74, 6) is 0.975. The van der Waals surface area contributed by atoms with Crippen molar-refractivity contribution in [3.63, 3.8) is 0 Å². The molecule has 2 heterocycles. The third kappa shape index (κ3) is 6.20. The summed E-state index contributed by atoms with van der Waals surface area (Å²) in [5.41, 5.74) is 1.45. The van der Waals surface area contributed by atoms with Crippen LogP contribution in [0.4, 0.5) is 0 Å². The first-order valence-electron chi connectivity index (χ1n) is 13.6. The first kappa shape index (κ1) is 25.4. The summed E-state index contributed by atoms with van der Waals surface area (Å²) in [5, 5.41) is 2.06. The van der Waals surface area contributed by atoms with Crippen LogP contribution in [0.1, 0.15) is 46.9 Å². The van der Waals surface area contributed by atoms with Crippen molar-refractivity contribution in [2.75, 3.05) is 52.4 Å². The van der Waals surface area contributed by atoms with E-state index in [9.17, 15) is 9.59 Å². The van der Waals surface area contributed by atoms with E-state index in [2.05, 4.69) is 16.7 Å². The highest BCUT2D eigenvalue weighted by Gasteiger charge is 2.24. The smallest absolute Gasteiger partial charge is 0.254 e. The Morgan fingerprint density at radius 2 is 1.65 bits per heavy atom. The average molecular weight is 500 g/mol. The lowest BCUT2D eigenvalue weighted by Crippen LogP contribution is -2.49. The van der Waals surface area contributed by atoms with E-state index in [1.807, 2.05) is 71.6 Å². The topological polar surface area (TPSA) is 53.1 Å². The Labute approximate surface area is 219 Å². The molecule has 0 spiro atoms. The number of ketones is 1. The van der Waals surface area contributed by atoms with Gasteiger partial charge in [-0.3, -0.25) is 14.5 Å². The van der Waals surface area contributed by atoms with E-state index in [-0.39, 0.29) is 11.7 Å². The van der Waals surface area contributed by atoms with Gasteiger partial charge in [0, 0.05) is 49.9 Å². The minimum atomic E-state index is 0.0632. The number of piperazine rings is 1. The van der Waals surface area contributed by atoms with Crippen LogP contribution >= 0.6 is 0 Å². The van der Waals surface area contributed by atoms with Gasteiger partial charge in [-0.25, -0.2) is 0 Å². The first-order chi connectivity index (χ1) is 18.1. The van der Waals surface area contributed by atoms with Crippen molar-refractivity contribution in [1.29, 1.82) is 0 Å². The average Bonchev–Trinajstić information content (AvgIpc) is 3.35. The van der Waals surface area contributed by atoms with Crippen molar-refractivity contribution in [2.45, 2.75) is 32.2 Å². The SMILES string of the molecule is C[C@@H]1CCCN1CCCOc1ccc(C(=O)CN2CCN(C(=O)c3cccc4ccccc34)CC2)cc1. The number of likely N-dealkylation sites (tertiary alicyclic amines) is 1. The second-order valence-corrected chi connectivity index (χ2v) is 10.3. The molecule has 2 aliphatic rings. The van der Waals surface area contributed by atoms with Crippen LogP contribution < -0.4 is 4.74 Å². The molecule has 37 heavy (non-hydrogen) atoms. The third-order valence-electron chi connectivity index (χ3n) is 7.77. The molecule has 0 bridgehead atoms. The van der Waals surface area contributed by atoms with Crippen molar-refractivity contribution in [1.82, 2.24) is 14.7 Å². The van der Waals surface area contributed by atoms with Gasteiger partial charge in [-0.05, 0) is 73.8 Å². The van der Waals surface area contributed by atoms with Gasteiger partial charge in [0.05, 0.1) is 13.2 Å². The molecule has 2 fully saturated rings. The minimum Gasteiger partial charge on any atom is -0.494 e. The summed E-state index contributed by atoms with van der Waals surface area (Å²) >= 11 is 0. The number of amides is 1. The Morgan fingerprint density at radius 1 is 0.892 bits per heavy atom. The molecule has 0 saturated carbocycles. The van der Waals surface area contributed by atoms with Gasteiger partial charge in [0.25, 0.3) is 5.91 Å². The van der Waals surface area contributed by atoms with Crippen LogP contribution in [0.2, 0.25) is 0 Å². The van der Waals surface area contributed by atoms with Gasteiger partial charge in [-0.15, -0.1) is 0 Å². The van der Waals surface area contributed by atoms with Crippen LogP contribution in [-0.4, -0.2) is 84.9 Å². The van der Waals surface area contributed by atoms with Crippen molar-refractivity contribution in [2.24, 2.45) is 0 Å². The number of carbonyl (C=O) groups excluding carboxylic acids is 2. The minimum absolute atomic E-state index is 0.0632. The fourth-order valence-corrected chi connectivity index (χ4v) is 5.51. The molecule has 194 valence electrons. The maximum Gasteiger partial charge on any atom is 0.254 e. The maximum absolute atomic E-state index is 13.2. The Hall–Kier alpha value is -3.22. The molecule has 0 radical (unpaired) electrons. The molecule has 0 unspecified atom stereocenters. The van der Waals surface area contributed by atoms with Crippen LogP contribution in [0.25, 0.3) is 10.8 Å². The molecule has 3 aromatic rings. The van der Waals surface area contributed by atoms with Crippen molar-refractivity contribution in [3.8, 4) is 5.75 Å². The Morgan fingerprint density at radius 3 is 2.41 bits per heavy atom. The number of fused-ring (bicyclic) bond motifs is 1. The summed E-state index contributed by atoms with van der Waals surface area (Å²) in [6, 6.07) is 22.1. The van der Waals surface area contributed by atoms with Crippen LogP contribution in [0.15, 0.2) is 66.7 Å². The van der Waals surface area contributed by atoms with Gasteiger partial charge in [-0.2, -0.15) is 0 Å². The summed E-state index contributed by atoms with van der Waals surface area (Å²) < 4.78 is 5.90. The summed E-state index contributed by atoms with van der Waals surface area (Å²) in [6.45, 7) is 8.28. The van der Waals surface area contributed by atoms with Crippen molar-refractivity contribution < 1.29 is 14.3 Å². The maximum atomic E-state index is 13.2. The van der Waals surface area contributed by atoms with E-state index in [0.717, 1.165) is 35.1 Å². The number of ether oxygens (including phenoxy) is 1. The van der Waals surface area contributed by atoms with Gasteiger partial charge in [0.1, 0.15) is 5.75 Å². The molecule has 6 nitrogen and oxygen atoms in total. The lowest BCUT2D eigenvalue weighted by molar-refractivity contribution is 0.0626. The summed E-state index contributed by atoms with van der Waals surface area (Å²) in [7, 11) is 0. The first-order valence-corrected chi connectivity index (χ1v) is 13.6. The van der Waals surface area contributed by atoms with Crippen LogP contribution in [0.5, 0.6) is 5.75 Å². The molecule has 0 aromatic heterocycles. The zero-order chi connectivity index (χ0) is 25.6. The molecule has 5 rings (SSSR count). The second kappa shape index (κ2) is 11.9. The predicted octanol–water partition coefficient (Wildman–Crippen LogP) is 4.73. The monoisotopic (exact) mass is 499 g/mol. The van der Waals surface area contributed by atoms with Crippen LogP contribution in [0, 0.1) is 0 Å². The molecule has 0 N–H and O–H groups in total. The van der Waals surface area contributed by atoms with E-state index in [1.165, 1.54) is 19.4 Å². The Bertz CT molecular complexity index is 1210. The normalized spacial score (nSPS) is 18.8. The molecule has 1 amide bonds. The largest absolute Gasteiger partial charge is 0.494 e.